The van der Waals surface area contributed by atoms with Gasteiger partial charge in [-0.2, -0.15) is 5.10 Å². The van der Waals surface area contributed by atoms with Gasteiger partial charge in [-0.1, -0.05) is 22.0 Å². The van der Waals surface area contributed by atoms with Crippen molar-refractivity contribution in [3.63, 3.8) is 0 Å². The van der Waals surface area contributed by atoms with Crippen molar-refractivity contribution in [2.45, 2.75) is 19.4 Å². The van der Waals surface area contributed by atoms with Crippen LogP contribution in [0, 0.1) is 0 Å². The lowest BCUT2D eigenvalue weighted by Gasteiger charge is -2.05. The largest absolute Gasteiger partial charge is 0.352 e. The molecule has 0 aliphatic rings. The molecule has 21 heavy (non-hydrogen) atoms. The first-order chi connectivity index (χ1) is 9.56. The standard InChI is InChI=1S/C14H17BrN4O.ClH/c1-10(16)5-6-17-14(20)11-8-18-19(9-11)13-4-2-3-12(15)7-13;/h2-4,7-10H,5-6,16H2,1H3,(H,17,20);1H. The van der Waals surface area contributed by atoms with Crippen molar-refractivity contribution in [3.8, 4) is 5.69 Å². The van der Waals surface area contributed by atoms with Crippen LogP contribution in [0.4, 0.5) is 0 Å². The molecule has 0 bridgehead atoms. The van der Waals surface area contributed by atoms with E-state index in [0.717, 1.165) is 16.6 Å². The van der Waals surface area contributed by atoms with E-state index in [-0.39, 0.29) is 24.4 Å². The van der Waals surface area contributed by atoms with Crippen molar-refractivity contribution in [2.24, 2.45) is 5.73 Å². The summed E-state index contributed by atoms with van der Waals surface area (Å²) in [6.07, 6.45) is 4.02. The van der Waals surface area contributed by atoms with E-state index >= 15 is 0 Å². The Morgan fingerprint density at radius 1 is 1.52 bits per heavy atom. The second-order valence-electron chi connectivity index (χ2n) is 4.68. The van der Waals surface area contributed by atoms with E-state index in [0.29, 0.717) is 12.1 Å². The smallest absolute Gasteiger partial charge is 0.254 e. The molecule has 0 saturated carbocycles. The molecule has 1 amide bonds. The Bertz CT molecular complexity index is 600. The van der Waals surface area contributed by atoms with Crippen molar-refractivity contribution in [1.82, 2.24) is 15.1 Å². The van der Waals surface area contributed by atoms with Crippen molar-refractivity contribution in [2.75, 3.05) is 6.54 Å². The normalized spacial score (nSPS) is 11.6. The summed E-state index contributed by atoms with van der Waals surface area (Å²) in [4.78, 5) is 11.9. The number of carbonyl (C=O) groups is 1. The topological polar surface area (TPSA) is 72.9 Å². The lowest BCUT2D eigenvalue weighted by atomic mass is 10.2. The van der Waals surface area contributed by atoms with E-state index in [4.69, 9.17) is 5.73 Å². The van der Waals surface area contributed by atoms with Gasteiger partial charge in [-0.3, -0.25) is 4.79 Å². The van der Waals surface area contributed by atoms with Gasteiger partial charge in [0.05, 0.1) is 17.4 Å². The quantitative estimate of drug-likeness (QED) is 0.846. The van der Waals surface area contributed by atoms with Crippen LogP contribution >= 0.6 is 28.3 Å². The molecular weight excluding hydrogens is 356 g/mol. The summed E-state index contributed by atoms with van der Waals surface area (Å²) in [6.45, 7) is 2.48. The number of nitrogens with one attached hydrogen (secondary N) is 1. The van der Waals surface area contributed by atoms with Gasteiger partial charge in [0.2, 0.25) is 0 Å². The van der Waals surface area contributed by atoms with Crippen molar-refractivity contribution >= 4 is 34.2 Å². The zero-order chi connectivity index (χ0) is 14.5. The molecule has 1 aromatic carbocycles. The Morgan fingerprint density at radius 2 is 2.29 bits per heavy atom. The van der Waals surface area contributed by atoms with Crippen molar-refractivity contribution in [3.05, 3.63) is 46.7 Å². The molecule has 1 atom stereocenters. The number of nitrogens with two attached hydrogens (primary N) is 1. The monoisotopic (exact) mass is 372 g/mol. The summed E-state index contributed by atoms with van der Waals surface area (Å²) < 4.78 is 2.64. The molecule has 0 saturated heterocycles. The van der Waals surface area contributed by atoms with E-state index in [9.17, 15) is 4.79 Å². The van der Waals surface area contributed by atoms with E-state index in [1.54, 1.807) is 17.1 Å². The molecule has 3 N–H and O–H groups in total. The fraction of sp³-hybridized carbons (Fsp3) is 0.286. The lowest BCUT2D eigenvalue weighted by Crippen LogP contribution is -2.28. The first-order valence-electron chi connectivity index (χ1n) is 6.40. The molecule has 0 aliphatic heterocycles. The molecule has 0 spiro atoms. The highest BCUT2D eigenvalue weighted by Crippen LogP contribution is 2.15. The molecule has 7 heteroatoms. The molecule has 0 aliphatic carbocycles. The SMILES string of the molecule is CC(N)CCNC(=O)c1cnn(-c2cccc(Br)c2)c1.Cl. The number of amides is 1. The van der Waals surface area contributed by atoms with Crippen LogP contribution in [-0.4, -0.2) is 28.3 Å². The van der Waals surface area contributed by atoms with Gasteiger partial charge in [-0.25, -0.2) is 4.68 Å². The molecule has 1 unspecified atom stereocenters. The fourth-order valence-corrected chi connectivity index (χ4v) is 2.10. The maximum Gasteiger partial charge on any atom is 0.254 e. The summed E-state index contributed by atoms with van der Waals surface area (Å²) in [5, 5.41) is 7.03. The number of aromatic nitrogens is 2. The Labute approximate surface area is 138 Å². The van der Waals surface area contributed by atoms with Gasteiger partial charge >= 0.3 is 0 Å². The number of benzene rings is 1. The summed E-state index contributed by atoms with van der Waals surface area (Å²) in [5.74, 6) is -0.133. The molecular formula is C14H18BrClN4O. The Morgan fingerprint density at radius 3 is 2.95 bits per heavy atom. The van der Waals surface area contributed by atoms with Crippen LogP contribution in [0.2, 0.25) is 0 Å². The van der Waals surface area contributed by atoms with Crippen LogP contribution in [-0.2, 0) is 0 Å². The molecule has 0 fully saturated rings. The summed E-state index contributed by atoms with van der Waals surface area (Å²) in [6, 6.07) is 7.80. The number of halogens is 2. The van der Waals surface area contributed by atoms with E-state index < -0.39 is 0 Å². The fourth-order valence-electron chi connectivity index (χ4n) is 1.72. The van der Waals surface area contributed by atoms with Gasteiger partial charge in [0, 0.05) is 23.3 Å². The second kappa shape index (κ2) is 8.17. The van der Waals surface area contributed by atoms with Gasteiger partial charge in [0.25, 0.3) is 5.91 Å². The zero-order valence-corrected chi connectivity index (χ0v) is 14.0. The molecule has 1 aromatic heterocycles. The minimum absolute atomic E-state index is 0. The predicted octanol–water partition coefficient (Wildman–Crippen LogP) is 2.52. The number of hydrogen-bond acceptors (Lipinski definition) is 3. The highest BCUT2D eigenvalue weighted by Gasteiger charge is 2.09. The molecule has 114 valence electrons. The van der Waals surface area contributed by atoms with E-state index in [1.165, 1.54) is 0 Å². The van der Waals surface area contributed by atoms with Crippen LogP contribution < -0.4 is 11.1 Å². The van der Waals surface area contributed by atoms with Gasteiger partial charge in [-0.15, -0.1) is 12.4 Å². The Hall–Kier alpha value is -1.37. The maximum atomic E-state index is 11.9. The predicted molar refractivity (Wildman–Crippen MR) is 89.1 cm³/mol. The van der Waals surface area contributed by atoms with E-state index in [2.05, 4.69) is 26.3 Å². The van der Waals surface area contributed by atoms with Crippen LogP contribution in [0.3, 0.4) is 0 Å². The first kappa shape index (κ1) is 17.7. The summed E-state index contributed by atoms with van der Waals surface area (Å²) >= 11 is 3.41. The van der Waals surface area contributed by atoms with Crippen molar-refractivity contribution in [1.29, 1.82) is 0 Å². The summed E-state index contributed by atoms with van der Waals surface area (Å²) in [7, 11) is 0. The molecule has 2 rings (SSSR count). The molecule has 5 nitrogen and oxygen atoms in total. The zero-order valence-electron chi connectivity index (χ0n) is 11.6. The average molecular weight is 374 g/mol. The average Bonchev–Trinajstić information content (AvgIpc) is 2.87. The van der Waals surface area contributed by atoms with E-state index in [1.807, 2.05) is 31.2 Å². The number of carbonyl (C=O) groups excluding carboxylic acids is 1. The molecule has 2 aromatic rings. The molecule has 1 heterocycles. The highest BCUT2D eigenvalue weighted by molar-refractivity contribution is 9.10. The number of nitrogens with zero attached hydrogens (tertiary/aromatic N) is 2. The minimum Gasteiger partial charge on any atom is -0.352 e. The summed E-state index contributed by atoms with van der Waals surface area (Å²) in [5.41, 5.74) is 7.07. The second-order valence-corrected chi connectivity index (χ2v) is 5.59. The van der Waals surface area contributed by atoms with Gasteiger partial charge in [0.15, 0.2) is 0 Å². The van der Waals surface area contributed by atoms with Crippen molar-refractivity contribution < 1.29 is 4.79 Å². The third-order valence-corrected chi connectivity index (χ3v) is 3.30. The Balaban J connectivity index is 0.00000220. The number of rotatable bonds is 5. The van der Waals surface area contributed by atoms with Crippen LogP contribution in [0.15, 0.2) is 41.1 Å². The molecule has 0 radical (unpaired) electrons. The number of hydrogen-bond donors (Lipinski definition) is 2. The highest BCUT2D eigenvalue weighted by atomic mass is 79.9. The minimum atomic E-state index is -0.133. The first-order valence-corrected chi connectivity index (χ1v) is 7.20. The van der Waals surface area contributed by atoms with Gasteiger partial charge in [0.1, 0.15) is 0 Å². The van der Waals surface area contributed by atoms with Crippen LogP contribution in [0.1, 0.15) is 23.7 Å². The maximum absolute atomic E-state index is 11.9. The third kappa shape index (κ3) is 5.15. The lowest BCUT2D eigenvalue weighted by molar-refractivity contribution is 0.0953. The van der Waals surface area contributed by atoms with Gasteiger partial charge < -0.3 is 11.1 Å². The van der Waals surface area contributed by atoms with Crippen LogP contribution in [0.5, 0.6) is 0 Å². The Kier molecular flexibility index (Phi) is 6.87. The van der Waals surface area contributed by atoms with Gasteiger partial charge in [-0.05, 0) is 31.5 Å². The third-order valence-electron chi connectivity index (χ3n) is 2.80. The van der Waals surface area contributed by atoms with Crippen LogP contribution in [0.25, 0.3) is 5.69 Å².